The van der Waals surface area contributed by atoms with Crippen molar-refractivity contribution in [2.24, 2.45) is 20.4 Å². The minimum Gasteiger partial charge on any atom is -1.00 e. The lowest BCUT2D eigenvalue weighted by atomic mass is 10.4. The number of nitrogens with one attached hydrogen (secondary N) is 1. The Labute approximate surface area is 139 Å². The van der Waals surface area contributed by atoms with Crippen LogP contribution in [0.4, 0.5) is 0 Å². The van der Waals surface area contributed by atoms with E-state index in [0.29, 0.717) is 5.96 Å². The lowest BCUT2D eigenvalue weighted by molar-refractivity contribution is -0.549. The van der Waals surface area contributed by atoms with Crippen molar-refractivity contribution in [3.8, 4) is 0 Å². The summed E-state index contributed by atoms with van der Waals surface area (Å²) in [6, 6.07) is 0. The Morgan fingerprint density at radius 3 is 2.20 bits per heavy atom. The van der Waals surface area contributed by atoms with Crippen molar-refractivity contribution in [2.75, 3.05) is 0 Å². The van der Waals surface area contributed by atoms with Gasteiger partial charge in [0.1, 0.15) is 0 Å². The van der Waals surface area contributed by atoms with Crippen molar-refractivity contribution in [3.05, 3.63) is 0 Å². The largest absolute Gasteiger partial charge is 1.00 e. The van der Waals surface area contributed by atoms with Crippen LogP contribution in [0.1, 0.15) is 59.3 Å². The smallest absolute Gasteiger partial charge is 0.365 e. The number of quaternary nitrogens is 1. The van der Waals surface area contributed by atoms with E-state index in [0.717, 1.165) is 38.5 Å². The summed E-state index contributed by atoms with van der Waals surface area (Å²) in [6.07, 6.45) is 11.5. The van der Waals surface area contributed by atoms with Crippen molar-refractivity contribution in [1.82, 2.24) is 5.43 Å². The van der Waals surface area contributed by atoms with Crippen LogP contribution in [0.2, 0.25) is 0 Å². The van der Waals surface area contributed by atoms with Crippen LogP contribution < -0.4 is 34.8 Å². The van der Waals surface area contributed by atoms with Gasteiger partial charge >= 0.3 is 5.96 Å². The Kier molecular flexibility index (Phi) is 19.5. The average molecular weight is 394 g/mol. The van der Waals surface area contributed by atoms with Gasteiger partial charge in [-0.3, -0.25) is 0 Å². The molecule has 0 rings (SSSR count). The number of unbranched alkanes of at least 4 members (excludes halogenated alkanes) is 3. The van der Waals surface area contributed by atoms with Gasteiger partial charge in [-0.25, -0.2) is 5.43 Å². The number of halogens is 1. The van der Waals surface area contributed by atoms with Crippen molar-refractivity contribution in [1.29, 1.82) is 0 Å². The van der Waals surface area contributed by atoms with Gasteiger partial charge in [0.05, 0.1) is 6.21 Å². The first-order valence-electron chi connectivity index (χ1n) is 7.06. The van der Waals surface area contributed by atoms with Gasteiger partial charge in [-0.05, 0) is 19.3 Å². The van der Waals surface area contributed by atoms with E-state index in [9.17, 15) is 0 Å². The third-order valence-corrected chi connectivity index (χ3v) is 2.07. The van der Waals surface area contributed by atoms with Crippen molar-refractivity contribution in [2.45, 2.75) is 59.3 Å². The predicted molar refractivity (Wildman–Crippen MR) is 82.7 cm³/mol. The summed E-state index contributed by atoms with van der Waals surface area (Å²) < 4.78 is 0. The molecule has 0 amide bonds. The molecule has 0 saturated heterocycles. The molecule has 20 heavy (non-hydrogen) atoms. The highest BCUT2D eigenvalue weighted by Crippen LogP contribution is 1.82. The zero-order chi connectivity index (χ0) is 14.2. The molecular formula is C13H27IN6. The van der Waals surface area contributed by atoms with Crippen LogP contribution in [-0.4, -0.2) is 24.6 Å². The number of nitrogens with two attached hydrogens (primary N) is 1. The van der Waals surface area contributed by atoms with Crippen molar-refractivity contribution >= 4 is 24.6 Å². The van der Waals surface area contributed by atoms with Gasteiger partial charge in [-0.1, -0.05) is 50.2 Å². The Morgan fingerprint density at radius 2 is 1.55 bits per heavy atom. The fourth-order valence-electron chi connectivity index (χ4n) is 0.999. The second-order valence-corrected chi connectivity index (χ2v) is 4.03. The van der Waals surface area contributed by atoms with E-state index < -0.39 is 0 Å². The minimum atomic E-state index is 0. The van der Waals surface area contributed by atoms with Crippen LogP contribution in [0.25, 0.3) is 0 Å². The van der Waals surface area contributed by atoms with Gasteiger partial charge in [0, 0.05) is 12.4 Å². The third-order valence-electron chi connectivity index (χ3n) is 2.07. The van der Waals surface area contributed by atoms with E-state index in [4.69, 9.17) is 0 Å². The lowest BCUT2D eigenvalue weighted by Crippen LogP contribution is -3.00. The van der Waals surface area contributed by atoms with Crippen LogP contribution >= 0.6 is 0 Å². The zero-order valence-corrected chi connectivity index (χ0v) is 14.9. The van der Waals surface area contributed by atoms with Gasteiger partial charge in [-0.15, -0.1) is 0 Å². The molecule has 0 aliphatic carbocycles. The van der Waals surface area contributed by atoms with Crippen molar-refractivity contribution < 1.29 is 29.4 Å². The highest BCUT2D eigenvalue weighted by molar-refractivity contribution is 5.72. The molecule has 0 bridgehead atoms. The van der Waals surface area contributed by atoms with Crippen LogP contribution in [-0.2, 0) is 0 Å². The van der Waals surface area contributed by atoms with Crippen LogP contribution in [0.3, 0.4) is 0 Å². The topological polar surface area (TPSA) is 78.1 Å². The molecule has 0 spiro atoms. The molecule has 116 valence electrons. The molecule has 0 aliphatic heterocycles. The Morgan fingerprint density at radius 1 is 0.950 bits per heavy atom. The van der Waals surface area contributed by atoms with E-state index in [2.05, 4.69) is 46.6 Å². The fraction of sp³-hybridized carbons (Fsp3) is 0.692. The van der Waals surface area contributed by atoms with E-state index in [-0.39, 0.29) is 24.0 Å². The maximum atomic E-state index is 4.17. The fourth-order valence-corrected chi connectivity index (χ4v) is 0.999. The third kappa shape index (κ3) is 15.2. The Balaban J connectivity index is 0. The monoisotopic (exact) mass is 394 g/mol. The minimum absolute atomic E-state index is 0. The number of guanidine groups is 1. The number of hydrogen-bond donors (Lipinski definition) is 2. The zero-order valence-electron chi connectivity index (χ0n) is 12.7. The predicted octanol–water partition coefficient (Wildman–Crippen LogP) is -1.14. The van der Waals surface area contributed by atoms with Gasteiger partial charge in [0.15, 0.2) is 0 Å². The van der Waals surface area contributed by atoms with Crippen LogP contribution in [0.15, 0.2) is 20.4 Å². The normalized spacial score (nSPS) is 12.4. The highest BCUT2D eigenvalue weighted by atomic mass is 127. The van der Waals surface area contributed by atoms with Crippen LogP contribution in [0, 0.1) is 0 Å². The lowest BCUT2D eigenvalue weighted by Gasteiger charge is -1.96. The molecule has 6 nitrogen and oxygen atoms in total. The van der Waals surface area contributed by atoms with E-state index >= 15 is 0 Å². The quantitative estimate of drug-likeness (QED) is 0.168. The molecule has 0 fully saturated rings. The summed E-state index contributed by atoms with van der Waals surface area (Å²) in [4.78, 5) is 0. The van der Waals surface area contributed by atoms with Crippen molar-refractivity contribution in [3.63, 3.8) is 0 Å². The Bertz CT molecular complexity index is 292. The summed E-state index contributed by atoms with van der Waals surface area (Å²) in [5.74, 6) is 0.548. The van der Waals surface area contributed by atoms with Crippen LogP contribution in [0.5, 0.6) is 0 Å². The standard InChI is InChI=1S/C13H26N6.HI/c1-4-7-10-14-17-13(18-15-11-8-5-2)19-16-12-9-6-3;/h10-12H,4-9H2,1-3H3,(H2,17,18,19);1H/b14-10+,15-11+,16-12+;. The molecule has 0 radical (unpaired) electrons. The van der Waals surface area contributed by atoms with E-state index in [1.165, 1.54) is 0 Å². The maximum absolute atomic E-state index is 4.17. The number of hydrazone groups is 1. The summed E-state index contributed by atoms with van der Waals surface area (Å²) in [7, 11) is 0. The molecule has 0 saturated carbocycles. The molecule has 0 unspecified atom stereocenters. The molecule has 0 aromatic carbocycles. The Hall–Kier alpha value is -0.830. The summed E-state index contributed by atoms with van der Waals surface area (Å²) in [5, 5.41) is 16.3. The second kappa shape index (κ2) is 18.2. The molecule has 0 heterocycles. The molecule has 7 heteroatoms. The first-order valence-corrected chi connectivity index (χ1v) is 7.06. The average Bonchev–Trinajstić information content (AvgIpc) is 2.43. The summed E-state index contributed by atoms with van der Waals surface area (Å²) in [5.41, 5.74) is 4.49. The molecule has 3 N–H and O–H groups in total. The number of rotatable bonds is 9. The first kappa shape index (κ1) is 21.5. The molecule has 0 aliphatic rings. The molecule has 0 aromatic heterocycles. The summed E-state index contributed by atoms with van der Waals surface area (Å²) in [6.45, 7) is 6.33. The number of hydrogen-bond acceptors (Lipinski definition) is 4. The second-order valence-electron chi connectivity index (χ2n) is 4.03. The van der Waals surface area contributed by atoms with E-state index in [1.807, 2.05) is 12.4 Å². The van der Waals surface area contributed by atoms with Gasteiger partial charge in [-0.2, -0.15) is 15.6 Å². The summed E-state index contributed by atoms with van der Waals surface area (Å²) >= 11 is 0. The van der Waals surface area contributed by atoms with Gasteiger partial charge in [0.2, 0.25) is 0 Å². The number of nitrogens with zero attached hydrogens (tertiary/aromatic N) is 4. The highest BCUT2D eigenvalue weighted by Gasteiger charge is 1.99. The SMILES string of the molecule is CCC/C=N/N=C(\N/N=C/CCC)[NH2+]/N=C/CCC.[I-]. The van der Waals surface area contributed by atoms with Gasteiger partial charge in [0.25, 0.3) is 0 Å². The first-order chi connectivity index (χ1) is 9.35. The van der Waals surface area contributed by atoms with E-state index in [1.54, 1.807) is 11.6 Å². The maximum Gasteiger partial charge on any atom is 0.365 e. The molecule has 0 atom stereocenters. The molecular weight excluding hydrogens is 367 g/mol. The van der Waals surface area contributed by atoms with Gasteiger partial charge < -0.3 is 24.0 Å². The molecule has 0 aromatic rings.